The van der Waals surface area contributed by atoms with Crippen LogP contribution in [0.15, 0.2) is 127 Å². The zero-order chi connectivity index (χ0) is 22.9. The molecule has 0 unspecified atom stereocenters. The molecule has 35 heavy (non-hydrogen) atoms. The molecule has 0 amide bonds. The Kier molecular flexibility index (Phi) is 3.72. The number of hydrogen-bond acceptors (Lipinski definition) is 0. The Morgan fingerprint density at radius 1 is 0.371 bits per heavy atom. The first-order valence-electron chi connectivity index (χ1n) is 12.1. The first-order valence-corrected chi connectivity index (χ1v) is 12.1. The van der Waals surface area contributed by atoms with Crippen LogP contribution in [0.5, 0.6) is 0 Å². The Hall–Kier alpha value is -4.62. The summed E-state index contributed by atoms with van der Waals surface area (Å²) in [4.78, 5) is 0. The highest BCUT2D eigenvalue weighted by molar-refractivity contribution is 6.23. The van der Waals surface area contributed by atoms with Crippen molar-refractivity contribution in [3.8, 4) is 16.8 Å². The van der Waals surface area contributed by atoms with Crippen LogP contribution in [0.2, 0.25) is 0 Å². The summed E-state index contributed by atoms with van der Waals surface area (Å²) in [7, 11) is 0. The average Bonchev–Trinajstić information content (AvgIpc) is 3.26. The first kappa shape index (κ1) is 18.8. The summed E-state index contributed by atoms with van der Waals surface area (Å²) in [6, 6.07) is 46.6. The van der Waals surface area contributed by atoms with E-state index in [-0.39, 0.29) is 0 Å². The lowest BCUT2D eigenvalue weighted by molar-refractivity contribution is 1.18. The maximum absolute atomic E-state index is 2.37. The molecule has 0 atom stereocenters. The number of fused-ring (bicyclic) bond motifs is 3. The zero-order valence-corrected chi connectivity index (χ0v) is 19.1. The number of hydrogen-bond donors (Lipinski definition) is 0. The molecule has 0 saturated carbocycles. The van der Waals surface area contributed by atoms with E-state index in [0.29, 0.717) is 0 Å². The van der Waals surface area contributed by atoms with Crippen molar-refractivity contribution in [1.82, 2.24) is 4.57 Å². The second kappa shape index (κ2) is 6.94. The molecule has 0 saturated heterocycles. The lowest BCUT2D eigenvalue weighted by Crippen LogP contribution is -1.93. The van der Waals surface area contributed by atoms with Crippen LogP contribution in [0, 0.1) is 0 Å². The number of benzene rings is 7. The van der Waals surface area contributed by atoms with Crippen molar-refractivity contribution in [2.24, 2.45) is 0 Å². The fourth-order valence-electron chi connectivity index (χ4n) is 5.92. The summed E-state index contributed by atoms with van der Waals surface area (Å²) >= 11 is 0. The van der Waals surface area contributed by atoms with E-state index in [1.54, 1.807) is 0 Å². The second-order valence-corrected chi connectivity index (χ2v) is 9.42. The monoisotopic (exact) mass is 443 g/mol. The second-order valence-electron chi connectivity index (χ2n) is 9.42. The molecule has 8 aromatic rings. The molecule has 1 nitrogen and oxygen atoms in total. The average molecular weight is 444 g/mol. The Labute approximate surface area is 202 Å². The fourth-order valence-corrected chi connectivity index (χ4v) is 5.92. The fraction of sp³-hybridized carbons (Fsp3) is 0. The number of rotatable bonds is 2. The zero-order valence-electron chi connectivity index (χ0n) is 19.1. The van der Waals surface area contributed by atoms with Crippen LogP contribution < -0.4 is 0 Å². The van der Waals surface area contributed by atoms with Crippen molar-refractivity contribution in [3.63, 3.8) is 0 Å². The maximum Gasteiger partial charge on any atom is 0.0541 e. The predicted octanol–water partition coefficient (Wildman–Crippen LogP) is 9.35. The summed E-state index contributed by atoms with van der Waals surface area (Å²) in [5, 5.41) is 10.5. The van der Waals surface area contributed by atoms with Gasteiger partial charge in [-0.15, -0.1) is 0 Å². The number of nitrogens with zero attached hydrogens (tertiary/aromatic N) is 1. The van der Waals surface area contributed by atoms with Crippen LogP contribution in [0.4, 0.5) is 0 Å². The van der Waals surface area contributed by atoms with Crippen LogP contribution in [-0.4, -0.2) is 4.57 Å². The summed E-state index contributed by atoms with van der Waals surface area (Å²) in [5.74, 6) is 0. The molecule has 1 aromatic heterocycles. The van der Waals surface area contributed by atoms with Crippen molar-refractivity contribution in [3.05, 3.63) is 127 Å². The van der Waals surface area contributed by atoms with E-state index in [2.05, 4.69) is 132 Å². The molecule has 0 aliphatic carbocycles. The molecule has 1 heterocycles. The highest BCUT2D eigenvalue weighted by atomic mass is 15.0. The van der Waals surface area contributed by atoms with Gasteiger partial charge in [0.25, 0.3) is 0 Å². The van der Waals surface area contributed by atoms with Crippen molar-refractivity contribution in [2.45, 2.75) is 0 Å². The topological polar surface area (TPSA) is 4.93 Å². The van der Waals surface area contributed by atoms with Crippen molar-refractivity contribution in [1.29, 1.82) is 0 Å². The molecule has 0 fully saturated rings. The molecule has 0 spiro atoms. The van der Waals surface area contributed by atoms with Gasteiger partial charge in [-0.3, -0.25) is 0 Å². The Bertz CT molecular complexity index is 1920. The van der Waals surface area contributed by atoms with Crippen LogP contribution in [-0.2, 0) is 0 Å². The lowest BCUT2D eigenvalue weighted by Gasteiger charge is -2.13. The largest absolute Gasteiger partial charge is 0.309 e. The number of para-hydroxylation sites is 2. The highest BCUT2D eigenvalue weighted by Gasteiger charge is 2.13. The van der Waals surface area contributed by atoms with Crippen LogP contribution >= 0.6 is 0 Å². The van der Waals surface area contributed by atoms with Gasteiger partial charge in [0.1, 0.15) is 0 Å². The maximum atomic E-state index is 2.37. The smallest absolute Gasteiger partial charge is 0.0541 e. The van der Waals surface area contributed by atoms with Crippen LogP contribution in [0.1, 0.15) is 0 Å². The first-order chi connectivity index (χ1) is 17.3. The minimum absolute atomic E-state index is 1.18. The summed E-state index contributed by atoms with van der Waals surface area (Å²) < 4.78 is 2.37. The van der Waals surface area contributed by atoms with E-state index in [1.165, 1.54) is 70.9 Å². The van der Waals surface area contributed by atoms with Gasteiger partial charge in [0.05, 0.1) is 11.0 Å². The van der Waals surface area contributed by atoms with Crippen LogP contribution in [0.3, 0.4) is 0 Å². The van der Waals surface area contributed by atoms with Gasteiger partial charge in [0, 0.05) is 16.5 Å². The third kappa shape index (κ3) is 2.64. The van der Waals surface area contributed by atoms with Gasteiger partial charge >= 0.3 is 0 Å². The van der Waals surface area contributed by atoms with Gasteiger partial charge in [0.15, 0.2) is 0 Å². The van der Waals surface area contributed by atoms with Gasteiger partial charge in [0.2, 0.25) is 0 Å². The van der Waals surface area contributed by atoms with E-state index in [0.717, 1.165) is 0 Å². The molecular weight excluding hydrogens is 422 g/mol. The van der Waals surface area contributed by atoms with Crippen LogP contribution in [0.25, 0.3) is 70.9 Å². The third-order valence-corrected chi connectivity index (χ3v) is 7.50. The Balaban J connectivity index is 1.30. The van der Waals surface area contributed by atoms with E-state index in [1.807, 2.05) is 0 Å². The molecule has 7 aromatic carbocycles. The molecular formula is C34H21N. The Morgan fingerprint density at radius 2 is 0.886 bits per heavy atom. The van der Waals surface area contributed by atoms with E-state index < -0.39 is 0 Å². The molecule has 0 N–H and O–H groups in total. The van der Waals surface area contributed by atoms with Crippen molar-refractivity contribution in [2.75, 3.05) is 0 Å². The molecule has 8 rings (SSSR count). The predicted molar refractivity (Wildman–Crippen MR) is 150 cm³/mol. The van der Waals surface area contributed by atoms with E-state index >= 15 is 0 Å². The third-order valence-electron chi connectivity index (χ3n) is 7.50. The van der Waals surface area contributed by atoms with Gasteiger partial charge in [-0.05, 0) is 79.8 Å². The normalized spacial score (nSPS) is 12.0. The van der Waals surface area contributed by atoms with Crippen molar-refractivity contribution >= 4 is 54.1 Å². The van der Waals surface area contributed by atoms with Gasteiger partial charge in [-0.2, -0.15) is 0 Å². The highest BCUT2D eigenvalue weighted by Crippen LogP contribution is 2.38. The lowest BCUT2D eigenvalue weighted by atomic mass is 9.91. The minimum Gasteiger partial charge on any atom is -0.309 e. The molecule has 162 valence electrons. The molecule has 0 aliphatic rings. The Morgan fingerprint density at radius 3 is 1.49 bits per heavy atom. The van der Waals surface area contributed by atoms with E-state index in [4.69, 9.17) is 0 Å². The minimum atomic E-state index is 1.18. The number of aromatic nitrogens is 1. The van der Waals surface area contributed by atoms with Gasteiger partial charge < -0.3 is 4.57 Å². The summed E-state index contributed by atoms with van der Waals surface area (Å²) in [6.45, 7) is 0. The summed E-state index contributed by atoms with van der Waals surface area (Å²) in [5.41, 5.74) is 6.15. The SMILES string of the molecule is c1cc2ccc3cc(-c4ccc(-n5c6ccccc6c6ccccc65)cc4)cc4ccc(c1)c2c34. The molecule has 0 radical (unpaired) electrons. The quantitative estimate of drug-likeness (QED) is 0.235. The van der Waals surface area contributed by atoms with Crippen molar-refractivity contribution < 1.29 is 0 Å². The van der Waals surface area contributed by atoms with E-state index in [9.17, 15) is 0 Å². The standard InChI is InChI=1S/C34H21N/c1-3-10-31-29(8-1)30-9-2-4-11-32(30)35(31)28-18-16-22(17-19-28)27-20-25-14-12-23-6-5-7-24-13-15-26(21-27)34(25)33(23)24/h1-21H. The summed E-state index contributed by atoms with van der Waals surface area (Å²) in [6.07, 6.45) is 0. The molecule has 0 aliphatic heterocycles. The molecule has 0 bridgehead atoms. The van der Waals surface area contributed by atoms with Gasteiger partial charge in [-0.25, -0.2) is 0 Å². The van der Waals surface area contributed by atoms with Gasteiger partial charge in [-0.1, -0.05) is 91.0 Å². The molecule has 1 heteroatoms.